The molecule has 3 aromatic rings. The first-order valence-electron chi connectivity index (χ1n) is 17.7. The number of nitrogens with two attached hydrogens (primary N) is 2. The van der Waals surface area contributed by atoms with Crippen molar-refractivity contribution < 1.29 is 49.2 Å². The molecule has 0 bridgehead atoms. The highest BCUT2D eigenvalue weighted by atomic mass is 32.1. The number of aliphatic hydroxyl groups is 1. The molecule has 3 rings (SSSR count). The molecule has 0 unspecified atom stereocenters. The van der Waals surface area contributed by atoms with E-state index in [1.165, 1.54) is 48.9 Å². The Balaban J connectivity index is 1.94. The van der Waals surface area contributed by atoms with Gasteiger partial charge in [-0.15, -0.1) is 0 Å². The summed E-state index contributed by atoms with van der Waals surface area (Å²) in [5.74, 6) is -5.64. The number of nitrogens with zero attached hydrogens (tertiary/aromatic N) is 1. The Hall–Kier alpha value is -5.70. The first kappa shape index (κ1) is 44.7. The number of phenolic OH excluding ortho intramolecular Hbond substituents is 2. The van der Waals surface area contributed by atoms with Crippen LogP contribution in [0.25, 0.3) is 0 Å². The average Bonchev–Trinajstić information content (AvgIpc) is 3.70. The van der Waals surface area contributed by atoms with E-state index in [2.05, 4.69) is 49.2 Å². The third-order valence-electron chi connectivity index (χ3n) is 8.54. The van der Waals surface area contributed by atoms with Gasteiger partial charge in [-0.3, -0.25) is 24.0 Å². The molecule has 5 amide bonds. The van der Waals surface area contributed by atoms with E-state index < -0.39 is 78.4 Å². The van der Waals surface area contributed by atoms with E-state index in [1.54, 1.807) is 12.1 Å². The number of phenols is 2. The van der Waals surface area contributed by atoms with Gasteiger partial charge in [-0.25, -0.2) is 9.78 Å². The van der Waals surface area contributed by atoms with Crippen LogP contribution in [0.15, 0.2) is 61.1 Å². The van der Waals surface area contributed by atoms with Gasteiger partial charge in [0.1, 0.15) is 41.7 Å². The number of aromatic amines is 1. The smallest absolute Gasteiger partial charge is 0.328 e. The largest absolute Gasteiger partial charge is 0.508 e. The third kappa shape index (κ3) is 14.5. The minimum atomic E-state index is -1.64. The number of nitrogens with one attached hydrogen (secondary N) is 6. The second kappa shape index (κ2) is 22.6. The molecule has 56 heavy (non-hydrogen) atoms. The van der Waals surface area contributed by atoms with Crippen molar-refractivity contribution in [2.24, 2.45) is 11.5 Å². The van der Waals surface area contributed by atoms with Gasteiger partial charge in [-0.1, -0.05) is 24.3 Å². The van der Waals surface area contributed by atoms with Crippen molar-refractivity contribution >= 4 is 48.1 Å². The zero-order valence-corrected chi connectivity index (χ0v) is 31.3. The quantitative estimate of drug-likeness (QED) is 0.0356. The number of aromatic nitrogens is 2. The number of unbranched alkanes of at least 4 members (excludes halogenated alkanes) is 1. The van der Waals surface area contributed by atoms with Gasteiger partial charge in [0.15, 0.2) is 0 Å². The van der Waals surface area contributed by atoms with Crippen LogP contribution in [0.3, 0.4) is 0 Å². The number of amides is 5. The van der Waals surface area contributed by atoms with Crippen LogP contribution in [-0.4, -0.2) is 121 Å². The lowest BCUT2D eigenvalue weighted by Crippen LogP contribution is -2.60. The molecule has 0 aliphatic rings. The van der Waals surface area contributed by atoms with Gasteiger partial charge in [0, 0.05) is 36.9 Å². The van der Waals surface area contributed by atoms with Crippen LogP contribution in [0.2, 0.25) is 0 Å². The number of aliphatic hydroxyl groups excluding tert-OH is 1. The molecule has 0 saturated carbocycles. The first-order chi connectivity index (χ1) is 26.7. The number of carbonyl (C=O) groups excluding carboxylic acids is 5. The van der Waals surface area contributed by atoms with E-state index in [9.17, 15) is 49.2 Å². The summed E-state index contributed by atoms with van der Waals surface area (Å²) in [5, 5.41) is 51.0. The van der Waals surface area contributed by atoms with Gasteiger partial charge < -0.3 is 63.5 Å². The molecule has 20 heteroatoms. The minimum absolute atomic E-state index is 0.0210. The highest BCUT2D eigenvalue weighted by Gasteiger charge is 2.33. The number of aliphatic carboxylic acids is 1. The fourth-order valence-corrected chi connectivity index (χ4v) is 5.54. The summed E-state index contributed by atoms with van der Waals surface area (Å²) in [4.78, 5) is 86.3. The van der Waals surface area contributed by atoms with E-state index in [-0.39, 0.29) is 49.5 Å². The Labute approximate surface area is 327 Å². The van der Waals surface area contributed by atoms with Gasteiger partial charge in [0.05, 0.1) is 19.0 Å². The van der Waals surface area contributed by atoms with Gasteiger partial charge in [-0.05, 0) is 61.2 Å². The number of carboxylic acid groups (broad SMARTS) is 1. The van der Waals surface area contributed by atoms with Crippen molar-refractivity contribution in [2.45, 2.75) is 74.8 Å². The van der Waals surface area contributed by atoms with Crippen LogP contribution in [-0.2, 0) is 48.0 Å². The van der Waals surface area contributed by atoms with Crippen LogP contribution < -0.4 is 38.1 Å². The molecule has 2 aromatic carbocycles. The Kier molecular flexibility index (Phi) is 18.1. The summed E-state index contributed by atoms with van der Waals surface area (Å²) < 4.78 is 0. The minimum Gasteiger partial charge on any atom is -0.508 e. The number of benzene rings is 2. The van der Waals surface area contributed by atoms with E-state index in [0.29, 0.717) is 29.7 Å². The highest BCUT2D eigenvalue weighted by molar-refractivity contribution is 7.80. The number of aromatic hydroxyl groups is 2. The van der Waals surface area contributed by atoms with Crippen molar-refractivity contribution in [1.82, 2.24) is 36.6 Å². The molecule has 1 aromatic heterocycles. The van der Waals surface area contributed by atoms with Crippen molar-refractivity contribution in [3.63, 3.8) is 0 Å². The molecule has 0 radical (unpaired) electrons. The third-order valence-corrected chi connectivity index (χ3v) is 8.93. The monoisotopic (exact) mass is 799 g/mol. The van der Waals surface area contributed by atoms with Crippen LogP contribution in [0.1, 0.15) is 36.1 Å². The first-order valence-corrected chi connectivity index (χ1v) is 18.3. The molecule has 1 heterocycles. The number of carbonyl (C=O) groups is 6. The highest BCUT2D eigenvalue weighted by Crippen LogP contribution is 2.15. The predicted molar refractivity (Wildman–Crippen MR) is 205 cm³/mol. The summed E-state index contributed by atoms with van der Waals surface area (Å²) in [6.45, 7) is -0.622. The number of hydrogen-bond donors (Lipinski definition) is 13. The standard InChI is InChI=1S/C36H49N9O10S/c37-12-2-1-3-26(32(50)45-30(17-46)36(54)55)41-35(53)29(15-22-16-39-19-40-22)44-34(52)28(14-21-6-10-24(48)11-7-21)43-33(51)27(42-31(49)25(38)18-56)13-20-4-8-23(47)9-5-20/h4-11,16,19,25-30,46-48,56H,1-3,12-15,17-18,37-38H2,(H,39,40)(H,41,53)(H,42,49)(H,43,51)(H,44,52)(H,45,50)(H,54,55)/t25-,26-,27-,28-,29-,30-/m0/s1. The summed E-state index contributed by atoms with van der Waals surface area (Å²) in [6, 6.07) is 3.70. The van der Waals surface area contributed by atoms with Gasteiger partial charge in [0.2, 0.25) is 29.5 Å². The van der Waals surface area contributed by atoms with Gasteiger partial charge >= 0.3 is 5.97 Å². The van der Waals surface area contributed by atoms with Gasteiger partial charge in [-0.2, -0.15) is 12.6 Å². The molecule has 6 atom stereocenters. The second-order valence-electron chi connectivity index (χ2n) is 12.9. The summed E-state index contributed by atoms with van der Waals surface area (Å²) in [7, 11) is 0. The number of imidazole rings is 1. The summed E-state index contributed by atoms with van der Waals surface area (Å²) in [6.07, 6.45) is 3.28. The Morgan fingerprint density at radius 3 is 1.55 bits per heavy atom. The maximum atomic E-state index is 14.2. The molecular weight excluding hydrogens is 751 g/mol. The van der Waals surface area contributed by atoms with Crippen LogP contribution in [0.5, 0.6) is 11.5 Å². The zero-order chi connectivity index (χ0) is 41.2. The molecule has 0 aliphatic heterocycles. The molecule has 0 fully saturated rings. The average molecular weight is 800 g/mol. The lowest BCUT2D eigenvalue weighted by Gasteiger charge is -2.27. The summed E-state index contributed by atoms with van der Waals surface area (Å²) >= 11 is 4.06. The van der Waals surface area contributed by atoms with Crippen LogP contribution in [0.4, 0.5) is 0 Å². The van der Waals surface area contributed by atoms with E-state index in [4.69, 9.17) is 11.5 Å². The predicted octanol–water partition coefficient (Wildman–Crippen LogP) is -2.26. The molecule has 14 N–H and O–H groups in total. The molecule has 19 nitrogen and oxygen atoms in total. The lowest BCUT2D eigenvalue weighted by molar-refractivity contribution is -0.143. The summed E-state index contributed by atoms with van der Waals surface area (Å²) in [5.41, 5.74) is 12.9. The molecular formula is C36H49N9O10S. The van der Waals surface area contributed by atoms with E-state index in [1.807, 2.05) is 0 Å². The second-order valence-corrected chi connectivity index (χ2v) is 13.3. The number of thiol groups is 1. The number of H-pyrrole nitrogens is 1. The molecule has 304 valence electrons. The molecule has 0 spiro atoms. The Morgan fingerprint density at radius 2 is 1.12 bits per heavy atom. The van der Waals surface area contributed by atoms with E-state index in [0.717, 1.165) is 0 Å². The fraction of sp³-hybridized carbons (Fsp3) is 0.417. The molecule has 0 aliphatic carbocycles. The van der Waals surface area contributed by atoms with Crippen molar-refractivity contribution in [1.29, 1.82) is 0 Å². The zero-order valence-electron chi connectivity index (χ0n) is 30.4. The Morgan fingerprint density at radius 1 is 0.679 bits per heavy atom. The maximum absolute atomic E-state index is 14.2. The number of carboxylic acids is 1. The van der Waals surface area contributed by atoms with Crippen molar-refractivity contribution in [3.8, 4) is 11.5 Å². The van der Waals surface area contributed by atoms with Gasteiger partial charge in [0.25, 0.3) is 0 Å². The van der Waals surface area contributed by atoms with E-state index >= 15 is 0 Å². The van der Waals surface area contributed by atoms with Crippen LogP contribution >= 0.6 is 12.6 Å². The number of hydrogen-bond acceptors (Lipinski definition) is 13. The molecule has 0 saturated heterocycles. The number of rotatable bonds is 23. The fourth-order valence-electron chi connectivity index (χ4n) is 5.38. The SMILES string of the molecule is NCCCC[C@H](NC(=O)[C@H](Cc1cnc[nH]1)NC(=O)[C@H](Cc1ccc(O)cc1)NC(=O)[C@H](Cc1ccc(O)cc1)NC(=O)[C@@H](N)CS)C(=O)N[C@@H](CO)C(=O)O. The van der Waals surface area contributed by atoms with Crippen LogP contribution in [0, 0.1) is 0 Å². The lowest BCUT2D eigenvalue weighted by atomic mass is 10.0. The normalized spacial score (nSPS) is 14.2. The topological polar surface area (TPSA) is 324 Å². The maximum Gasteiger partial charge on any atom is 0.328 e. The van der Waals surface area contributed by atoms with Crippen molar-refractivity contribution in [3.05, 3.63) is 77.9 Å². The van der Waals surface area contributed by atoms with Crippen molar-refractivity contribution in [2.75, 3.05) is 18.9 Å². The Bertz CT molecular complexity index is 1750.